The van der Waals surface area contributed by atoms with Crippen LogP contribution in [-0.4, -0.2) is 4.57 Å². The summed E-state index contributed by atoms with van der Waals surface area (Å²) >= 11 is 0. The van der Waals surface area contributed by atoms with Crippen LogP contribution >= 0.6 is 0 Å². The highest BCUT2D eigenvalue weighted by molar-refractivity contribution is 5.99. The Bertz CT molecular complexity index is 1140. The Morgan fingerprint density at radius 1 is 0.462 bits per heavy atom. The molecule has 0 saturated heterocycles. The first-order chi connectivity index (χ1) is 12.8. The van der Waals surface area contributed by atoms with Gasteiger partial charge in [0.15, 0.2) is 0 Å². The average molecular weight is 333 g/mol. The molecule has 0 unspecified atom stereocenters. The highest BCUT2D eigenvalue weighted by Gasteiger charge is 2.12. The van der Waals surface area contributed by atoms with Gasteiger partial charge in [-0.25, -0.2) is 0 Å². The summed E-state index contributed by atoms with van der Waals surface area (Å²) in [5.41, 5.74) is 5.03. The lowest BCUT2D eigenvalue weighted by Gasteiger charge is -2.12. The summed E-state index contributed by atoms with van der Waals surface area (Å²) in [5, 5.41) is 5.14. The summed E-state index contributed by atoms with van der Waals surface area (Å²) in [6, 6.07) is 34.7. The van der Waals surface area contributed by atoms with E-state index in [-0.39, 0.29) is 0 Å². The number of rotatable bonds is 2. The Hall–Kier alpha value is -3.32. The summed E-state index contributed by atoms with van der Waals surface area (Å²) in [5.74, 6) is 0. The third-order valence-corrected chi connectivity index (χ3v) is 5.25. The minimum absolute atomic E-state index is 1.24. The van der Waals surface area contributed by atoms with Crippen molar-refractivity contribution < 1.29 is 0 Å². The molecule has 26 heavy (non-hydrogen) atoms. The molecular formula is C25H19N. The first-order valence-electron chi connectivity index (χ1n) is 8.95. The lowest BCUT2D eigenvalue weighted by Crippen LogP contribution is -1.95. The molecule has 5 rings (SSSR count). The van der Waals surface area contributed by atoms with E-state index in [1.807, 2.05) is 0 Å². The van der Waals surface area contributed by atoms with Crippen LogP contribution in [0.25, 0.3) is 44.1 Å². The molecule has 1 heteroatoms. The second kappa shape index (κ2) is 5.89. The zero-order chi connectivity index (χ0) is 17.5. The molecule has 0 aliphatic heterocycles. The largest absolute Gasteiger partial charge is 0.344 e. The summed E-state index contributed by atoms with van der Waals surface area (Å²) in [6.07, 6.45) is 0. The van der Waals surface area contributed by atoms with Crippen molar-refractivity contribution in [1.82, 2.24) is 4.57 Å². The standard InChI is InChI=1S/C25H19N/c1-26-24(22-14-6-10-18-8-2-4-12-20(18)22)16-17-25(26)23-15-7-11-19-9-3-5-13-21(19)23/h2-17H,1H3. The van der Waals surface area contributed by atoms with Gasteiger partial charge in [-0.2, -0.15) is 0 Å². The second-order valence-corrected chi connectivity index (χ2v) is 6.72. The van der Waals surface area contributed by atoms with E-state index in [0.717, 1.165) is 0 Å². The van der Waals surface area contributed by atoms with Gasteiger partial charge in [-0.15, -0.1) is 0 Å². The van der Waals surface area contributed by atoms with Crippen LogP contribution in [0.15, 0.2) is 97.1 Å². The average Bonchev–Trinajstić information content (AvgIpc) is 3.08. The van der Waals surface area contributed by atoms with Crippen molar-refractivity contribution in [3.05, 3.63) is 97.1 Å². The molecule has 124 valence electrons. The van der Waals surface area contributed by atoms with E-state index in [1.54, 1.807) is 0 Å². The number of fused-ring (bicyclic) bond motifs is 2. The van der Waals surface area contributed by atoms with Crippen molar-refractivity contribution in [1.29, 1.82) is 0 Å². The highest BCUT2D eigenvalue weighted by atomic mass is 15.0. The van der Waals surface area contributed by atoms with Crippen molar-refractivity contribution in [2.75, 3.05) is 0 Å². The first kappa shape index (κ1) is 15.0. The minimum Gasteiger partial charge on any atom is -0.344 e. The van der Waals surface area contributed by atoms with E-state index in [0.29, 0.717) is 0 Å². The van der Waals surface area contributed by atoms with E-state index in [2.05, 4.69) is 109 Å². The number of nitrogens with zero attached hydrogens (tertiary/aromatic N) is 1. The zero-order valence-electron chi connectivity index (χ0n) is 14.7. The fraction of sp³-hybridized carbons (Fsp3) is 0.0400. The van der Waals surface area contributed by atoms with Gasteiger partial charge in [0.1, 0.15) is 0 Å². The van der Waals surface area contributed by atoms with Crippen molar-refractivity contribution in [3.63, 3.8) is 0 Å². The van der Waals surface area contributed by atoms with Crippen molar-refractivity contribution in [2.45, 2.75) is 0 Å². The van der Waals surface area contributed by atoms with E-state index < -0.39 is 0 Å². The SMILES string of the molecule is Cn1c(-c2cccc3ccccc23)ccc1-c1cccc2ccccc12. The van der Waals surface area contributed by atoms with Gasteiger partial charge in [0.2, 0.25) is 0 Å². The van der Waals surface area contributed by atoms with Crippen LogP contribution in [0.5, 0.6) is 0 Å². The van der Waals surface area contributed by atoms with E-state index in [4.69, 9.17) is 0 Å². The number of aromatic nitrogens is 1. The fourth-order valence-corrected chi connectivity index (χ4v) is 3.95. The van der Waals surface area contributed by atoms with Crippen LogP contribution < -0.4 is 0 Å². The normalized spacial score (nSPS) is 11.3. The Kier molecular flexibility index (Phi) is 3.39. The maximum absolute atomic E-state index is 2.31. The van der Waals surface area contributed by atoms with Crippen LogP contribution in [0.4, 0.5) is 0 Å². The zero-order valence-corrected chi connectivity index (χ0v) is 14.7. The van der Waals surface area contributed by atoms with Crippen LogP contribution in [0.3, 0.4) is 0 Å². The number of hydrogen-bond acceptors (Lipinski definition) is 0. The molecule has 0 amide bonds. The lowest BCUT2D eigenvalue weighted by molar-refractivity contribution is 0.948. The van der Waals surface area contributed by atoms with Gasteiger partial charge in [-0.05, 0) is 33.7 Å². The summed E-state index contributed by atoms with van der Waals surface area (Å²) < 4.78 is 2.31. The predicted molar refractivity (Wildman–Crippen MR) is 111 cm³/mol. The van der Waals surface area contributed by atoms with Gasteiger partial charge in [-0.3, -0.25) is 0 Å². The Labute approximate surface area is 153 Å². The maximum Gasteiger partial charge on any atom is 0.0488 e. The van der Waals surface area contributed by atoms with Gasteiger partial charge in [0.25, 0.3) is 0 Å². The topological polar surface area (TPSA) is 4.93 Å². The van der Waals surface area contributed by atoms with Gasteiger partial charge >= 0.3 is 0 Å². The summed E-state index contributed by atoms with van der Waals surface area (Å²) in [6.45, 7) is 0. The molecule has 0 aliphatic rings. The molecule has 0 aliphatic carbocycles. The van der Waals surface area contributed by atoms with E-state index in [9.17, 15) is 0 Å². The first-order valence-corrected chi connectivity index (χ1v) is 8.95. The van der Waals surface area contributed by atoms with Crippen molar-refractivity contribution in [2.24, 2.45) is 7.05 Å². The molecule has 0 N–H and O–H groups in total. The minimum atomic E-state index is 1.24. The molecule has 0 radical (unpaired) electrons. The monoisotopic (exact) mass is 333 g/mol. The highest BCUT2D eigenvalue weighted by Crippen LogP contribution is 2.35. The molecular weight excluding hydrogens is 314 g/mol. The Morgan fingerprint density at radius 2 is 0.885 bits per heavy atom. The van der Waals surface area contributed by atoms with Crippen LogP contribution in [-0.2, 0) is 7.05 Å². The van der Waals surface area contributed by atoms with Gasteiger partial charge in [0, 0.05) is 29.6 Å². The molecule has 1 heterocycles. The van der Waals surface area contributed by atoms with E-state index >= 15 is 0 Å². The van der Waals surface area contributed by atoms with Crippen LogP contribution in [0, 0.1) is 0 Å². The maximum atomic E-state index is 2.31. The van der Waals surface area contributed by atoms with Crippen molar-refractivity contribution >= 4 is 21.5 Å². The van der Waals surface area contributed by atoms with Gasteiger partial charge in [0.05, 0.1) is 0 Å². The summed E-state index contributed by atoms with van der Waals surface area (Å²) in [4.78, 5) is 0. The Morgan fingerprint density at radius 3 is 1.38 bits per heavy atom. The smallest absolute Gasteiger partial charge is 0.0488 e. The molecule has 0 saturated carbocycles. The van der Waals surface area contributed by atoms with Gasteiger partial charge < -0.3 is 4.57 Å². The molecule has 0 bridgehead atoms. The fourth-order valence-electron chi connectivity index (χ4n) is 3.95. The quantitative estimate of drug-likeness (QED) is 0.340. The molecule has 0 spiro atoms. The number of hydrogen-bond donors (Lipinski definition) is 0. The van der Waals surface area contributed by atoms with Crippen LogP contribution in [0.1, 0.15) is 0 Å². The summed E-state index contributed by atoms with van der Waals surface area (Å²) in [7, 11) is 2.16. The third-order valence-electron chi connectivity index (χ3n) is 5.25. The second-order valence-electron chi connectivity index (χ2n) is 6.72. The van der Waals surface area contributed by atoms with E-state index in [1.165, 1.54) is 44.1 Å². The molecule has 1 aromatic heterocycles. The van der Waals surface area contributed by atoms with Crippen LogP contribution in [0.2, 0.25) is 0 Å². The molecule has 0 fully saturated rings. The van der Waals surface area contributed by atoms with Crippen molar-refractivity contribution in [3.8, 4) is 22.5 Å². The Balaban J connectivity index is 1.74. The third kappa shape index (κ3) is 2.25. The molecule has 4 aromatic carbocycles. The predicted octanol–water partition coefficient (Wildman–Crippen LogP) is 6.67. The molecule has 5 aromatic rings. The molecule has 1 nitrogen and oxygen atoms in total. The number of benzene rings is 4. The molecule has 0 atom stereocenters. The van der Waals surface area contributed by atoms with Gasteiger partial charge in [-0.1, -0.05) is 84.9 Å². The lowest BCUT2D eigenvalue weighted by atomic mass is 10.0.